The molecule has 1 N–H and O–H groups in total. The Morgan fingerprint density at radius 2 is 2.04 bits per heavy atom. The number of anilines is 1. The normalized spacial score (nSPS) is 21.1. The monoisotopic (exact) mass is 326 g/mol. The number of benzene rings is 1. The molecule has 128 valence electrons. The molecule has 6 heteroatoms. The Balaban J connectivity index is 2.13. The van der Waals surface area contributed by atoms with E-state index in [1.807, 2.05) is 0 Å². The number of nitrogens with zero attached hydrogens (tertiary/aromatic N) is 1. The first-order valence-corrected chi connectivity index (χ1v) is 7.98. The Kier molecular flexibility index (Phi) is 5.80. The van der Waals surface area contributed by atoms with Crippen LogP contribution in [0.5, 0.6) is 5.75 Å². The molecule has 0 aromatic heterocycles. The average Bonchev–Trinajstić information content (AvgIpc) is 2.50. The summed E-state index contributed by atoms with van der Waals surface area (Å²) in [7, 11) is 1.76. The molecule has 1 aromatic rings. The van der Waals surface area contributed by atoms with Gasteiger partial charge in [0.05, 0.1) is 5.69 Å². The Morgan fingerprint density at radius 1 is 1.35 bits per heavy atom. The summed E-state index contributed by atoms with van der Waals surface area (Å²) in [4.78, 5) is 14.2. The van der Waals surface area contributed by atoms with Crippen molar-refractivity contribution in [1.82, 2.24) is 4.90 Å². The van der Waals surface area contributed by atoms with E-state index in [2.05, 4.69) is 17.0 Å². The van der Waals surface area contributed by atoms with Crippen LogP contribution in [-0.2, 0) is 0 Å². The number of ether oxygens (including phenoxy) is 1. The fraction of sp³-hybridized carbons (Fsp3) is 0.588. The molecule has 1 saturated carbocycles. The first-order chi connectivity index (χ1) is 10.9. The highest BCUT2D eigenvalue weighted by molar-refractivity contribution is 5.92. The lowest BCUT2D eigenvalue weighted by Gasteiger charge is -2.36. The molecule has 0 radical (unpaired) electrons. The van der Waals surface area contributed by atoms with Crippen molar-refractivity contribution in [1.29, 1.82) is 0 Å². The van der Waals surface area contributed by atoms with Crippen LogP contribution in [-0.4, -0.2) is 30.6 Å². The van der Waals surface area contributed by atoms with E-state index >= 15 is 0 Å². The van der Waals surface area contributed by atoms with Crippen molar-refractivity contribution < 1.29 is 18.3 Å². The number of aryl methyl sites for hydroxylation is 1. The predicted octanol–water partition coefficient (Wildman–Crippen LogP) is 4.64. The number of hydrogen-bond donors (Lipinski definition) is 1. The number of carbonyl (C=O) groups is 1. The van der Waals surface area contributed by atoms with Crippen LogP contribution >= 0.6 is 0 Å². The van der Waals surface area contributed by atoms with Gasteiger partial charge >= 0.3 is 12.6 Å². The highest BCUT2D eigenvalue weighted by Gasteiger charge is 2.28. The van der Waals surface area contributed by atoms with Crippen molar-refractivity contribution in [2.75, 3.05) is 12.4 Å². The second-order valence-electron chi connectivity index (χ2n) is 6.20. The van der Waals surface area contributed by atoms with Crippen molar-refractivity contribution in [2.45, 2.75) is 52.2 Å². The molecule has 1 aromatic carbocycles. The number of para-hydroxylation sites is 1. The average molecular weight is 326 g/mol. The number of amides is 2. The van der Waals surface area contributed by atoms with Gasteiger partial charge in [-0.2, -0.15) is 8.78 Å². The predicted molar refractivity (Wildman–Crippen MR) is 86.0 cm³/mol. The molecule has 4 nitrogen and oxygen atoms in total. The van der Waals surface area contributed by atoms with Gasteiger partial charge in [-0.15, -0.1) is 0 Å². The van der Waals surface area contributed by atoms with Crippen LogP contribution in [0.3, 0.4) is 0 Å². The number of hydrogen-bond acceptors (Lipinski definition) is 2. The molecular formula is C17H24F2N2O2. The highest BCUT2D eigenvalue weighted by atomic mass is 19.3. The van der Waals surface area contributed by atoms with Gasteiger partial charge in [0.1, 0.15) is 5.75 Å². The van der Waals surface area contributed by atoms with Crippen LogP contribution in [0.1, 0.15) is 38.2 Å². The molecule has 1 aliphatic carbocycles. The van der Waals surface area contributed by atoms with E-state index in [-0.39, 0.29) is 17.8 Å². The Bertz CT molecular complexity index is 551. The molecular weight excluding hydrogens is 302 g/mol. The number of urea groups is 1. The summed E-state index contributed by atoms with van der Waals surface area (Å²) < 4.78 is 29.6. The van der Waals surface area contributed by atoms with Gasteiger partial charge in [-0.25, -0.2) is 4.79 Å². The third kappa shape index (κ3) is 4.33. The zero-order chi connectivity index (χ0) is 17.0. The fourth-order valence-electron chi connectivity index (χ4n) is 3.21. The van der Waals surface area contributed by atoms with Crippen LogP contribution < -0.4 is 10.1 Å². The van der Waals surface area contributed by atoms with E-state index in [0.717, 1.165) is 19.3 Å². The Labute approximate surface area is 135 Å². The first-order valence-electron chi connectivity index (χ1n) is 7.98. The minimum Gasteiger partial charge on any atom is -0.433 e. The summed E-state index contributed by atoms with van der Waals surface area (Å²) >= 11 is 0. The summed E-state index contributed by atoms with van der Waals surface area (Å²) in [5.41, 5.74) is 0.981. The van der Waals surface area contributed by atoms with Crippen LogP contribution in [0.25, 0.3) is 0 Å². The van der Waals surface area contributed by atoms with Gasteiger partial charge in [0.2, 0.25) is 0 Å². The van der Waals surface area contributed by atoms with Crippen molar-refractivity contribution in [3.63, 3.8) is 0 Å². The standard InChI is InChI=1S/C17H24F2N2O2/c1-11-7-4-5-9-13(11)21(3)17(22)20-15-12(2)8-6-10-14(15)23-16(18)19/h6,8,10-11,13,16H,4-5,7,9H2,1-3H3,(H,20,22)/t11-,13-/m1/s1. The summed E-state index contributed by atoms with van der Waals surface area (Å²) in [5, 5.41) is 2.73. The summed E-state index contributed by atoms with van der Waals surface area (Å²) in [5.74, 6) is 0.423. The number of carbonyl (C=O) groups excluding carboxylic acids is 1. The fourth-order valence-corrected chi connectivity index (χ4v) is 3.21. The van der Waals surface area contributed by atoms with Crippen LogP contribution in [0.4, 0.5) is 19.3 Å². The van der Waals surface area contributed by atoms with Crippen molar-refractivity contribution in [3.05, 3.63) is 23.8 Å². The van der Waals surface area contributed by atoms with E-state index in [9.17, 15) is 13.6 Å². The minimum atomic E-state index is -2.93. The topological polar surface area (TPSA) is 41.6 Å². The minimum absolute atomic E-state index is 0.0153. The number of halogens is 2. The van der Waals surface area contributed by atoms with Crippen LogP contribution in [0.2, 0.25) is 0 Å². The molecule has 0 aliphatic heterocycles. The highest BCUT2D eigenvalue weighted by Crippen LogP contribution is 2.31. The molecule has 2 rings (SSSR count). The molecule has 2 atom stereocenters. The Morgan fingerprint density at radius 3 is 2.70 bits per heavy atom. The van der Waals surface area contributed by atoms with Gasteiger partial charge in [-0.3, -0.25) is 0 Å². The largest absolute Gasteiger partial charge is 0.433 e. The lowest BCUT2D eigenvalue weighted by molar-refractivity contribution is -0.0493. The maximum absolute atomic E-state index is 12.5. The molecule has 0 unspecified atom stereocenters. The summed E-state index contributed by atoms with van der Waals surface area (Å²) in [6.07, 6.45) is 4.37. The van der Waals surface area contributed by atoms with Crippen molar-refractivity contribution in [2.24, 2.45) is 5.92 Å². The molecule has 1 aliphatic rings. The molecule has 2 amide bonds. The van der Waals surface area contributed by atoms with E-state index in [1.54, 1.807) is 31.0 Å². The Hall–Kier alpha value is -1.85. The second-order valence-corrected chi connectivity index (χ2v) is 6.20. The van der Waals surface area contributed by atoms with Gasteiger partial charge in [-0.1, -0.05) is 31.9 Å². The third-order valence-electron chi connectivity index (χ3n) is 4.57. The van der Waals surface area contributed by atoms with Gasteiger partial charge in [-0.05, 0) is 37.3 Å². The number of alkyl halides is 2. The molecule has 0 spiro atoms. The second kappa shape index (κ2) is 7.62. The molecule has 1 fully saturated rings. The molecule has 0 bridgehead atoms. The van der Waals surface area contributed by atoms with Gasteiger partial charge in [0, 0.05) is 13.1 Å². The molecule has 0 heterocycles. The van der Waals surface area contributed by atoms with Crippen molar-refractivity contribution >= 4 is 11.7 Å². The SMILES string of the molecule is Cc1cccc(OC(F)F)c1NC(=O)N(C)[C@@H]1CCCC[C@H]1C. The number of rotatable bonds is 4. The quantitative estimate of drug-likeness (QED) is 0.876. The number of nitrogens with one attached hydrogen (secondary N) is 1. The molecule has 0 saturated heterocycles. The van der Waals surface area contributed by atoms with E-state index in [4.69, 9.17) is 0 Å². The van der Waals surface area contributed by atoms with Gasteiger partial charge < -0.3 is 15.0 Å². The van der Waals surface area contributed by atoms with Crippen molar-refractivity contribution in [3.8, 4) is 5.75 Å². The van der Waals surface area contributed by atoms with Gasteiger partial charge in [0.15, 0.2) is 0 Å². The zero-order valence-electron chi connectivity index (χ0n) is 13.8. The third-order valence-corrected chi connectivity index (χ3v) is 4.57. The smallest absolute Gasteiger partial charge is 0.387 e. The lowest BCUT2D eigenvalue weighted by atomic mass is 9.85. The maximum Gasteiger partial charge on any atom is 0.387 e. The van der Waals surface area contributed by atoms with Gasteiger partial charge in [0.25, 0.3) is 0 Å². The summed E-state index contributed by atoms with van der Waals surface area (Å²) in [6.45, 7) is 0.965. The maximum atomic E-state index is 12.5. The van der Waals surface area contributed by atoms with E-state index < -0.39 is 6.61 Å². The van der Waals surface area contributed by atoms with Crippen LogP contribution in [0.15, 0.2) is 18.2 Å². The summed E-state index contributed by atoms with van der Waals surface area (Å²) in [6, 6.07) is 4.68. The molecule has 23 heavy (non-hydrogen) atoms. The zero-order valence-corrected chi connectivity index (χ0v) is 13.8. The van der Waals surface area contributed by atoms with Crippen LogP contribution in [0, 0.1) is 12.8 Å². The van der Waals surface area contributed by atoms with E-state index in [1.165, 1.54) is 12.5 Å². The lowest BCUT2D eigenvalue weighted by Crippen LogP contribution is -2.44. The van der Waals surface area contributed by atoms with E-state index in [0.29, 0.717) is 17.2 Å². The first kappa shape index (κ1) is 17.5.